The highest BCUT2D eigenvalue weighted by Crippen LogP contribution is 2.17. The molecule has 25 heavy (non-hydrogen) atoms. The van der Waals surface area contributed by atoms with Crippen LogP contribution in [0.15, 0.2) is 29.3 Å². The number of rotatable bonds is 6. The van der Waals surface area contributed by atoms with E-state index in [0.29, 0.717) is 12.6 Å². The van der Waals surface area contributed by atoms with Crippen molar-refractivity contribution in [1.29, 1.82) is 0 Å². The minimum absolute atomic E-state index is 0.0532. The summed E-state index contributed by atoms with van der Waals surface area (Å²) in [6.45, 7) is -0.727. The maximum atomic E-state index is 12.1. The summed E-state index contributed by atoms with van der Waals surface area (Å²) in [5.41, 5.74) is 1.69. The molecule has 0 radical (unpaired) electrons. The molecular weight excluding hydrogens is 331 g/mol. The lowest BCUT2D eigenvalue weighted by atomic mass is 9.96. The van der Waals surface area contributed by atoms with E-state index in [2.05, 4.69) is 15.6 Å². The number of nitrogens with zero attached hydrogens (tertiary/aromatic N) is 1. The lowest BCUT2D eigenvalue weighted by molar-refractivity contribution is -0.176. The largest absolute Gasteiger partial charge is 0.411 e. The third-order valence-corrected chi connectivity index (χ3v) is 4.16. The number of halogens is 3. The summed E-state index contributed by atoms with van der Waals surface area (Å²) >= 11 is 0. The van der Waals surface area contributed by atoms with Gasteiger partial charge in [0.2, 0.25) is 0 Å². The Labute approximate surface area is 146 Å². The second-order valence-corrected chi connectivity index (χ2v) is 6.33. The predicted octanol–water partition coefficient (Wildman–Crippen LogP) is 3.76. The van der Waals surface area contributed by atoms with Crippen LogP contribution in [0.3, 0.4) is 0 Å². The molecule has 0 aliphatic heterocycles. The van der Waals surface area contributed by atoms with Gasteiger partial charge >= 0.3 is 6.18 Å². The molecule has 1 aromatic rings. The van der Waals surface area contributed by atoms with Gasteiger partial charge in [-0.1, -0.05) is 43.5 Å². The van der Waals surface area contributed by atoms with E-state index < -0.39 is 12.8 Å². The number of aliphatic imine (C=N–C) groups is 1. The van der Waals surface area contributed by atoms with Crippen molar-refractivity contribution < 1.29 is 17.9 Å². The van der Waals surface area contributed by atoms with Crippen molar-refractivity contribution in [3.63, 3.8) is 0 Å². The zero-order chi connectivity index (χ0) is 18.1. The summed E-state index contributed by atoms with van der Waals surface area (Å²) in [4.78, 5) is 4.24. The molecule has 1 saturated carbocycles. The number of hydrogen-bond donors (Lipinski definition) is 2. The summed E-state index contributed by atoms with van der Waals surface area (Å²) in [7, 11) is 1.74. The van der Waals surface area contributed by atoms with Crippen LogP contribution in [-0.2, 0) is 17.9 Å². The van der Waals surface area contributed by atoms with Crippen LogP contribution < -0.4 is 10.6 Å². The lowest BCUT2D eigenvalue weighted by Gasteiger charge is -2.25. The van der Waals surface area contributed by atoms with Gasteiger partial charge in [-0.3, -0.25) is 4.99 Å². The molecule has 4 nitrogen and oxygen atoms in total. The Morgan fingerprint density at radius 2 is 1.92 bits per heavy atom. The summed E-state index contributed by atoms with van der Waals surface area (Å²) in [5.74, 6) is 0.755. The van der Waals surface area contributed by atoms with Gasteiger partial charge in [-0.2, -0.15) is 13.2 Å². The molecule has 0 bridgehead atoms. The maximum absolute atomic E-state index is 12.1. The molecule has 1 fully saturated rings. The molecule has 0 saturated heterocycles. The van der Waals surface area contributed by atoms with Gasteiger partial charge in [0.1, 0.15) is 6.61 Å². The van der Waals surface area contributed by atoms with Gasteiger partial charge in [-0.15, -0.1) is 0 Å². The molecule has 0 aromatic heterocycles. The summed E-state index contributed by atoms with van der Waals surface area (Å²) in [5, 5.41) is 6.69. The molecule has 0 amide bonds. The van der Waals surface area contributed by atoms with Crippen LogP contribution in [0.5, 0.6) is 0 Å². The highest BCUT2D eigenvalue weighted by atomic mass is 19.4. The van der Waals surface area contributed by atoms with E-state index in [-0.39, 0.29) is 6.61 Å². The summed E-state index contributed by atoms with van der Waals surface area (Å²) < 4.78 is 41.1. The summed E-state index contributed by atoms with van der Waals surface area (Å²) in [6, 6.07) is 7.81. The Bertz CT molecular complexity index is 555. The van der Waals surface area contributed by atoms with Gasteiger partial charge in [-0.05, 0) is 24.0 Å². The first-order chi connectivity index (χ1) is 12.0. The molecule has 0 spiro atoms. The Morgan fingerprint density at radius 1 is 1.20 bits per heavy atom. The van der Waals surface area contributed by atoms with Crippen molar-refractivity contribution in [2.24, 2.45) is 4.99 Å². The average Bonchev–Trinajstić information content (AvgIpc) is 2.59. The number of ether oxygens (including phenoxy) is 1. The molecule has 1 aliphatic rings. The molecule has 2 rings (SSSR count). The number of hydrogen-bond acceptors (Lipinski definition) is 2. The second-order valence-electron chi connectivity index (χ2n) is 6.33. The van der Waals surface area contributed by atoms with E-state index in [9.17, 15) is 13.2 Å². The zero-order valence-electron chi connectivity index (χ0n) is 14.5. The van der Waals surface area contributed by atoms with Crippen molar-refractivity contribution in [3.05, 3.63) is 35.4 Å². The molecule has 1 aromatic carbocycles. The van der Waals surface area contributed by atoms with E-state index >= 15 is 0 Å². The second kappa shape index (κ2) is 9.65. The highest BCUT2D eigenvalue weighted by molar-refractivity contribution is 5.79. The van der Waals surface area contributed by atoms with E-state index in [1.807, 2.05) is 18.2 Å². The fourth-order valence-electron chi connectivity index (χ4n) is 2.93. The van der Waals surface area contributed by atoms with Crippen LogP contribution in [0.4, 0.5) is 13.2 Å². The molecule has 1 aliphatic carbocycles. The highest BCUT2D eigenvalue weighted by Gasteiger charge is 2.27. The van der Waals surface area contributed by atoms with Gasteiger partial charge in [0.15, 0.2) is 5.96 Å². The third-order valence-electron chi connectivity index (χ3n) is 4.16. The molecule has 0 atom stereocenters. The van der Waals surface area contributed by atoms with E-state index in [1.165, 1.54) is 19.3 Å². The molecular formula is C18H26F3N3O. The molecule has 0 unspecified atom stereocenters. The van der Waals surface area contributed by atoms with Crippen LogP contribution in [0.2, 0.25) is 0 Å². The average molecular weight is 357 g/mol. The molecule has 2 N–H and O–H groups in total. The van der Waals surface area contributed by atoms with E-state index in [1.54, 1.807) is 13.1 Å². The first-order valence-corrected chi connectivity index (χ1v) is 8.66. The van der Waals surface area contributed by atoms with Crippen LogP contribution in [0, 0.1) is 0 Å². The Hall–Kier alpha value is -1.76. The van der Waals surface area contributed by atoms with Crippen molar-refractivity contribution in [2.75, 3.05) is 13.7 Å². The van der Waals surface area contributed by atoms with Gasteiger partial charge in [0, 0.05) is 19.6 Å². The Morgan fingerprint density at radius 3 is 2.60 bits per heavy atom. The Balaban J connectivity index is 1.79. The third kappa shape index (κ3) is 7.77. The van der Waals surface area contributed by atoms with Crippen LogP contribution in [-0.4, -0.2) is 31.8 Å². The number of benzene rings is 1. The van der Waals surface area contributed by atoms with Gasteiger partial charge < -0.3 is 15.4 Å². The normalized spacial score (nSPS) is 16.7. The topological polar surface area (TPSA) is 45.7 Å². The van der Waals surface area contributed by atoms with Crippen LogP contribution in [0.25, 0.3) is 0 Å². The quantitative estimate of drug-likeness (QED) is 0.602. The fourth-order valence-corrected chi connectivity index (χ4v) is 2.93. The zero-order valence-corrected chi connectivity index (χ0v) is 14.5. The number of alkyl halides is 3. The molecule has 7 heteroatoms. The van der Waals surface area contributed by atoms with Crippen molar-refractivity contribution >= 4 is 5.96 Å². The van der Waals surface area contributed by atoms with Crippen molar-refractivity contribution in [2.45, 2.75) is 57.5 Å². The molecule has 140 valence electrons. The van der Waals surface area contributed by atoms with Crippen molar-refractivity contribution in [3.8, 4) is 0 Å². The predicted molar refractivity (Wildman–Crippen MR) is 92.4 cm³/mol. The van der Waals surface area contributed by atoms with Crippen LogP contribution in [0.1, 0.15) is 43.2 Å². The fraction of sp³-hybridized carbons (Fsp3) is 0.611. The maximum Gasteiger partial charge on any atom is 0.411 e. The SMILES string of the molecule is CN=C(NCc1cccc(COCC(F)(F)F)c1)NC1CCCCC1. The number of nitrogens with one attached hydrogen (secondary N) is 2. The van der Waals surface area contributed by atoms with Crippen molar-refractivity contribution in [1.82, 2.24) is 10.6 Å². The van der Waals surface area contributed by atoms with Gasteiger partial charge in [0.25, 0.3) is 0 Å². The first-order valence-electron chi connectivity index (χ1n) is 8.66. The monoisotopic (exact) mass is 357 g/mol. The standard InChI is InChI=1S/C18H26F3N3O/c1-22-17(24-16-8-3-2-4-9-16)23-11-14-6-5-7-15(10-14)12-25-13-18(19,20)21/h5-7,10,16H,2-4,8-9,11-13H2,1H3,(H2,22,23,24). The van der Waals surface area contributed by atoms with E-state index in [0.717, 1.165) is 29.9 Å². The summed E-state index contributed by atoms with van der Waals surface area (Å²) in [6.07, 6.45) is 1.81. The first kappa shape index (κ1) is 19.6. The lowest BCUT2D eigenvalue weighted by Crippen LogP contribution is -2.43. The number of guanidine groups is 1. The van der Waals surface area contributed by atoms with Gasteiger partial charge in [0.05, 0.1) is 6.61 Å². The smallest absolute Gasteiger partial charge is 0.367 e. The minimum Gasteiger partial charge on any atom is -0.367 e. The minimum atomic E-state index is -4.30. The van der Waals surface area contributed by atoms with Crippen LogP contribution >= 0.6 is 0 Å². The molecule has 0 heterocycles. The Kier molecular flexibility index (Phi) is 7.55. The van der Waals surface area contributed by atoms with E-state index in [4.69, 9.17) is 4.74 Å². The van der Waals surface area contributed by atoms with Gasteiger partial charge in [-0.25, -0.2) is 0 Å².